The van der Waals surface area contributed by atoms with Crippen molar-refractivity contribution in [2.24, 2.45) is 0 Å². The van der Waals surface area contributed by atoms with Crippen molar-refractivity contribution < 1.29 is 4.92 Å². The van der Waals surface area contributed by atoms with Gasteiger partial charge in [-0.05, 0) is 32.4 Å². The van der Waals surface area contributed by atoms with Crippen LogP contribution in [0.15, 0.2) is 12.3 Å². The molecule has 0 aliphatic carbocycles. The first-order chi connectivity index (χ1) is 8.47. The van der Waals surface area contributed by atoms with Crippen LogP contribution in [0, 0.1) is 17.0 Å². The van der Waals surface area contributed by atoms with Gasteiger partial charge in [-0.3, -0.25) is 15.1 Å². The zero-order chi connectivity index (χ0) is 13.7. The van der Waals surface area contributed by atoms with E-state index < -0.39 is 4.92 Å². The molecule has 0 bridgehead atoms. The second-order valence-electron chi connectivity index (χ2n) is 4.68. The van der Waals surface area contributed by atoms with E-state index in [1.54, 1.807) is 6.07 Å². The van der Waals surface area contributed by atoms with E-state index in [-0.39, 0.29) is 11.6 Å². The Hall–Kier alpha value is -1.49. The number of rotatable bonds is 6. The Morgan fingerprint density at radius 3 is 2.67 bits per heavy atom. The fourth-order valence-electron chi connectivity index (χ4n) is 1.93. The first kappa shape index (κ1) is 14.6. The molecule has 1 N–H and O–H groups in total. The summed E-state index contributed by atoms with van der Waals surface area (Å²) in [6, 6.07) is 1.89. The highest BCUT2D eigenvalue weighted by Crippen LogP contribution is 2.23. The summed E-state index contributed by atoms with van der Waals surface area (Å²) in [5, 5.41) is 14.1. The highest BCUT2D eigenvalue weighted by Gasteiger charge is 2.19. The number of aromatic nitrogens is 1. The van der Waals surface area contributed by atoms with Crippen molar-refractivity contribution in [3.05, 3.63) is 33.6 Å². The maximum atomic E-state index is 10.7. The Kier molecular flexibility index (Phi) is 5.22. The molecule has 100 valence electrons. The normalized spacial score (nSPS) is 14.2. The van der Waals surface area contributed by atoms with Gasteiger partial charge in [-0.1, -0.05) is 13.8 Å². The van der Waals surface area contributed by atoms with Crippen molar-refractivity contribution in [3.63, 3.8) is 0 Å². The van der Waals surface area contributed by atoms with Gasteiger partial charge in [0.25, 0.3) is 5.69 Å². The number of hydrogen-bond donors (Lipinski definition) is 1. The molecule has 5 nitrogen and oxygen atoms in total. The molecule has 1 rings (SSSR count). The van der Waals surface area contributed by atoms with Gasteiger partial charge in [-0.25, -0.2) is 0 Å². The van der Waals surface area contributed by atoms with Crippen molar-refractivity contribution in [1.82, 2.24) is 10.3 Å². The average Bonchev–Trinajstić information content (AvgIpc) is 2.34. The fraction of sp³-hybridized carbons (Fsp3) is 0.615. The maximum Gasteiger partial charge on any atom is 0.287 e. The lowest BCUT2D eigenvalue weighted by Crippen LogP contribution is -2.32. The predicted molar refractivity (Wildman–Crippen MR) is 71.8 cm³/mol. The van der Waals surface area contributed by atoms with Crippen LogP contribution in [0.1, 0.15) is 44.4 Å². The minimum atomic E-state index is -0.410. The molecule has 0 aliphatic rings. The third kappa shape index (κ3) is 3.50. The monoisotopic (exact) mass is 251 g/mol. The van der Waals surface area contributed by atoms with Gasteiger partial charge in [0.15, 0.2) is 0 Å². The molecule has 2 unspecified atom stereocenters. The minimum absolute atomic E-state index is 0.0534. The lowest BCUT2D eigenvalue weighted by Gasteiger charge is -2.22. The van der Waals surface area contributed by atoms with E-state index in [9.17, 15) is 10.1 Å². The lowest BCUT2D eigenvalue weighted by atomic mass is 9.95. The lowest BCUT2D eigenvalue weighted by molar-refractivity contribution is -0.385. The number of nitro groups is 1. The molecule has 0 fully saturated rings. The third-order valence-electron chi connectivity index (χ3n) is 3.21. The third-order valence-corrected chi connectivity index (χ3v) is 3.21. The number of hydrogen-bond acceptors (Lipinski definition) is 4. The van der Waals surface area contributed by atoms with Gasteiger partial charge in [0.1, 0.15) is 6.20 Å². The molecule has 18 heavy (non-hydrogen) atoms. The van der Waals surface area contributed by atoms with Crippen molar-refractivity contribution in [3.8, 4) is 0 Å². The van der Waals surface area contributed by atoms with Crippen LogP contribution in [0.3, 0.4) is 0 Å². The molecule has 0 radical (unpaired) electrons. The molecule has 1 aromatic rings. The fourth-order valence-corrected chi connectivity index (χ4v) is 1.93. The van der Waals surface area contributed by atoms with E-state index in [0.717, 1.165) is 24.2 Å². The molecule has 0 amide bonds. The highest BCUT2D eigenvalue weighted by molar-refractivity contribution is 5.35. The van der Waals surface area contributed by atoms with Gasteiger partial charge < -0.3 is 5.32 Å². The molecular formula is C13H21N3O2. The van der Waals surface area contributed by atoms with Crippen LogP contribution in [-0.2, 0) is 0 Å². The van der Waals surface area contributed by atoms with Gasteiger partial charge >= 0.3 is 0 Å². The van der Waals surface area contributed by atoms with Crippen molar-refractivity contribution >= 4 is 5.69 Å². The van der Waals surface area contributed by atoms with E-state index in [0.29, 0.717) is 6.04 Å². The Labute approximate surface area is 108 Å². The standard InChI is InChI=1S/C13H21N3O2/c1-5-6-14-11(4)10(3)13-9(2)7-12(8-15-13)16(17)18/h7-8,10-11,14H,5-6H2,1-4H3. The molecular weight excluding hydrogens is 230 g/mol. The number of nitrogens with one attached hydrogen (secondary N) is 1. The molecule has 0 aliphatic heterocycles. The zero-order valence-corrected chi connectivity index (χ0v) is 11.4. The Bertz CT molecular complexity index is 421. The number of aryl methyl sites for hydroxylation is 1. The van der Waals surface area contributed by atoms with E-state index in [1.165, 1.54) is 6.20 Å². The molecule has 1 aromatic heterocycles. The number of pyridine rings is 1. The largest absolute Gasteiger partial charge is 0.314 e. The summed E-state index contributed by atoms with van der Waals surface area (Å²) in [6.45, 7) is 9.17. The Balaban J connectivity index is 2.86. The van der Waals surface area contributed by atoms with Crippen LogP contribution in [0.4, 0.5) is 5.69 Å². The zero-order valence-electron chi connectivity index (χ0n) is 11.4. The molecule has 0 saturated heterocycles. The summed E-state index contributed by atoms with van der Waals surface area (Å²) in [7, 11) is 0. The SMILES string of the molecule is CCCNC(C)C(C)c1ncc([N+](=O)[O-])cc1C. The summed E-state index contributed by atoms with van der Waals surface area (Å²) >= 11 is 0. The molecule has 1 heterocycles. The second-order valence-corrected chi connectivity index (χ2v) is 4.68. The van der Waals surface area contributed by atoms with Crippen LogP contribution in [0.5, 0.6) is 0 Å². The molecule has 2 atom stereocenters. The number of nitrogens with zero attached hydrogens (tertiary/aromatic N) is 2. The smallest absolute Gasteiger partial charge is 0.287 e. The van der Waals surface area contributed by atoms with Crippen molar-refractivity contribution in [2.45, 2.75) is 46.1 Å². The maximum absolute atomic E-state index is 10.7. The van der Waals surface area contributed by atoms with Crippen LogP contribution < -0.4 is 5.32 Å². The Morgan fingerprint density at radius 1 is 1.50 bits per heavy atom. The van der Waals surface area contributed by atoms with E-state index in [4.69, 9.17) is 0 Å². The highest BCUT2D eigenvalue weighted by atomic mass is 16.6. The van der Waals surface area contributed by atoms with Gasteiger partial charge in [0.2, 0.25) is 0 Å². The quantitative estimate of drug-likeness (QED) is 0.623. The van der Waals surface area contributed by atoms with Gasteiger partial charge in [0.05, 0.1) is 4.92 Å². The Morgan fingerprint density at radius 2 is 2.17 bits per heavy atom. The minimum Gasteiger partial charge on any atom is -0.314 e. The first-order valence-electron chi connectivity index (χ1n) is 6.31. The molecule has 5 heteroatoms. The topological polar surface area (TPSA) is 68.1 Å². The van der Waals surface area contributed by atoms with E-state index in [1.807, 2.05) is 6.92 Å². The summed E-state index contributed by atoms with van der Waals surface area (Å²) in [5.74, 6) is 0.234. The second kappa shape index (κ2) is 6.44. The van der Waals surface area contributed by atoms with Gasteiger partial charge in [0, 0.05) is 23.7 Å². The summed E-state index contributed by atoms with van der Waals surface area (Å²) in [4.78, 5) is 14.5. The molecule has 0 saturated carbocycles. The summed E-state index contributed by atoms with van der Waals surface area (Å²) < 4.78 is 0. The average molecular weight is 251 g/mol. The summed E-state index contributed by atoms with van der Waals surface area (Å²) in [5.41, 5.74) is 1.86. The van der Waals surface area contributed by atoms with E-state index >= 15 is 0 Å². The van der Waals surface area contributed by atoms with Gasteiger partial charge in [-0.2, -0.15) is 0 Å². The van der Waals surface area contributed by atoms with Crippen LogP contribution in [-0.4, -0.2) is 22.5 Å². The predicted octanol–water partition coefficient (Wildman–Crippen LogP) is 2.79. The van der Waals surface area contributed by atoms with Crippen molar-refractivity contribution in [2.75, 3.05) is 6.54 Å². The van der Waals surface area contributed by atoms with Crippen LogP contribution in [0.2, 0.25) is 0 Å². The summed E-state index contributed by atoms with van der Waals surface area (Å²) in [6.07, 6.45) is 2.43. The van der Waals surface area contributed by atoms with Crippen LogP contribution in [0.25, 0.3) is 0 Å². The van der Waals surface area contributed by atoms with Crippen LogP contribution >= 0.6 is 0 Å². The first-order valence-corrected chi connectivity index (χ1v) is 6.31. The van der Waals surface area contributed by atoms with Gasteiger partial charge in [-0.15, -0.1) is 0 Å². The van der Waals surface area contributed by atoms with Crippen molar-refractivity contribution in [1.29, 1.82) is 0 Å². The molecule has 0 spiro atoms. The molecule has 0 aromatic carbocycles. The van der Waals surface area contributed by atoms with E-state index in [2.05, 4.69) is 31.1 Å².